The number of unbranched alkanes of at least 4 members (excludes halogenated alkanes) is 13. The summed E-state index contributed by atoms with van der Waals surface area (Å²) in [4.78, 5) is 47.9. The summed E-state index contributed by atoms with van der Waals surface area (Å²) in [6, 6.07) is 0. The highest BCUT2D eigenvalue weighted by atomic mass is 16.7. The average Bonchev–Trinajstić information content (AvgIpc) is 2.96. The summed E-state index contributed by atoms with van der Waals surface area (Å²) in [5, 5.41) is 5.91. The summed E-state index contributed by atoms with van der Waals surface area (Å²) >= 11 is 0. The van der Waals surface area contributed by atoms with Crippen molar-refractivity contribution in [2.24, 2.45) is 0 Å². The van der Waals surface area contributed by atoms with E-state index in [9.17, 15) is 19.2 Å². The van der Waals surface area contributed by atoms with Crippen LogP contribution >= 0.6 is 0 Å². The Morgan fingerprint density at radius 2 is 1.20 bits per heavy atom. The number of ether oxygens (including phenoxy) is 2. The van der Waals surface area contributed by atoms with Crippen LogP contribution in [0.3, 0.4) is 0 Å². The summed E-state index contributed by atoms with van der Waals surface area (Å²) in [7, 11) is 1.65. The summed E-state index contributed by atoms with van der Waals surface area (Å²) in [6.45, 7) is 6.66. The fourth-order valence-electron chi connectivity index (χ4n) is 4.77. The van der Waals surface area contributed by atoms with Crippen LogP contribution in [-0.2, 0) is 14.3 Å². The molecule has 0 aromatic heterocycles. The van der Waals surface area contributed by atoms with Crippen molar-refractivity contribution < 1.29 is 19.1 Å². The molecule has 0 heterocycles. The zero-order valence-electron chi connectivity index (χ0n) is 25.2. The molecule has 230 valence electrons. The minimum absolute atomic E-state index is 0.381. The summed E-state index contributed by atoms with van der Waals surface area (Å²) < 4.78 is 10.3. The third-order valence-corrected chi connectivity index (χ3v) is 7.22. The third kappa shape index (κ3) is 16.6. The maximum atomic E-state index is 11.7. The highest BCUT2D eigenvalue weighted by molar-refractivity contribution is 5.73. The van der Waals surface area contributed by atoms with Gasteiger partial charge in [0, 0.05) is 20.0 Å². The Labute approximate surface area is 241 Å². The number of nitrogens with one attached hydrogen (secondary N) is 2. The first kappa shape index (κ1) is 35.6. The van der Waals surface area contributed by atoms with Crippen molar-refractivity contribution in [3.63, 3.8) is 0 Å². The van der Waals surface area contributed by atoms with Gasteiger partial charge in [-0.3, -0.25) is 9.59 Å². The molecule has 0 amide bonds. The predicted molar refractivity (Wildman–Crippen MR) is 163 cm³/mol. The van der Waals surface area contributed by atoms with Crippen molar-refractivity contribution in [1.82, 2.24) is 4.90 Å². The molecule has 0 fully saturated rings. The monoisotopic (exact) mass is 565 g/mol. The average molecular weight is 566 g/mol. The summed E-state index contributed by atoms with van der Waals surface area (Å²) in [5.74, 6) is 0. The maximum Gasteiger partial charge on any atom is 0.508 e. The van der Waals surface area contributed by atoms with E-state index < -0.39 is 17.0 Å². The molecule has 9 nitrogen and oxygen atoms in total. The molecule has 0 aliphatic carbocycles. The normalized spacial score (nSPS) is 11.2. The van der Waals surface area contributed by atoms with E-state index in [0.717, 1.165) is 103 Å². The molecule has 0 aliphatic rings. The Hall–Kier alpha value is -2.42. The fraction of sp³-hybridized carbons (Fsp3) is 0.806. The Bertz CT molecular complexity index is 853. The van der Waals surface area contributed by atoms with Crippen LogP contribution in [-0.4, -0.2) is 63.8 Å². The molecule has 0 saturated carbocycles. The SMILES string of the molecule is CCCCCCCCOC(=O)OCCCCCCN(CCCCCCCC=O)CCCNc1c(NC)c(=O)c1=O. The summed E-state index contributed by atoms with van der Waals surface area (Å²) in [5.41, 5.74) is -0.101. The second-order valence-electron chi connectivity index (χ2n) is 10.6. The van der Waals surface area contributed by atoms with Gasteiger partial charge in [-0.15, -0.1) is 0 Å². The minimum atomic E-state index is -0.551. The van der Waals surface area contributed by atoms with Crippen LogP contribution in [0.15, 0.2) is 9.59 Å². The molecule has 0 spiro atoms. The van der Waals surface area contributed by atoms with Gasteiger partial charge in [0.25, 0.3) is 10.9 Å². The van der Waals surface area contributed by atoms with Crippen LogP contribution in [0.1, 0.15) is 116 Å². The number of carbonyl (C=O) groups excluding carboxylic acids is 2. The number of aldehydes is 1. The van der Waals surface area contributed by atoms with Crippen LogP contribution in [0.2, 0.25) is 0 Å². The first-order valence-electron chi connectivity index (χ1n) is 15.8. The third-order valence-electron chi connectivity index (χ3n) is 7.22. The smallest absolute Gasteiger partial charge is 0.434 e. The Morgan fingerprint density at radius 3 is 1.77 bits per heavy atom. The minimum Gasteiger partial charge on any atom is -0.434 e. The number of carbonyl (C=O) groups is 2. The van der Waals surface area contributed by atoms with E-state index in [-0.39, 0.29) is 0 Å². The van der Waals surface area contributed by atoms with Crippen molar-refractivity contribution in [2.45, 2.75) is 116 Å². The molecule has 0 unspecified atom stereocenters. The lowest BCUT2D eigenvalue weighted by molar-refractivity contribution is -0.107. The molecule has 2 N–H and O–H groups in total. The van der Waals surface area contributed by atoms with Gasteiger partial charge in [-0.2, -0.15) is 0 Å². The molecular weight excluding hydrogens is 510 g/mol. The number of rotatable bonds is 28. The fourth-order valence-corrected chi connectivity index (χ4v) is 4.77. The van der Waals surface area contributed by atoms with Gasteiger partial charge >= 0.3 is 6.16 Å². The molecule has 9 heteroatoms. The Kier molecular flexibility index (Phi) is 21.7. The van der Waals surface area contributed by atoms with Gasteiger partial charge in [-0.05, 0) is 58.2 Å². The van der Waals surface area contributed by atoms with Crippen molar-refractivity contribution in [2.75, 3.05) is 57.1 Å². The van der Waals surface area contributed by atoms with Gasteiger partial charge in [-0.1, -0.05) is 71.1 Å². The lowest BCUT2D eigenvalue weighted by atomic mass is 10.1. The molecule has 1 aromatic carbocycles. The highest BCUT2D eigenvalue weighted by Crippen LogP contribution is 2.13. The molecule has 0 bridgehead atoms. The quantitative estimate of drug-likeness (QED) is 0.0543. The number of anilines is 2. The van der Waals surface area contributed by atoms with E-state index in [4.69, 9.17) is 9.47 Å². The molecule has 0 saturated heterocycles. The van der Waals surface area contributed by atoms with E-state index in [1.807, 2.05) is 0 Å². The molecule has 1 aromatic rings. The zero-order valence-corrected chi connectivity index (χ0v) is 25.2. The predicted octanol–water partition coefficient (Wildman–Crippen LogP) is 6.04. The van der Waals surface area contributed by atoms with Crippen LogP contribution in [0.4, 0.5) is 16.2 Å². The molecule has 0 aliphatic heterocycles. The number of hydrogen-bond acceptors (Lipinski definition) is 9. The highest BCUT2D eigenvalue weighted by Gasteiger charge is 2.18. The van der Waals surface area contributed by atoms with Gasteiger partial charge in [0.15, 0.2) is 0 Å². The van der Waals surface area contributed by atoms with E-state index >= 15 is 0 Å². The second kappa shape index (κ2) is 24.4. The summed E-state index contributed by atoms with van der Waals surface area (Å²) in [6.07, 6.45) is 18.5. The first-order chi connectivity index (χ1) is 19.5. The van der Waals surface area contributed by atoms with Gasteiger partial charge in [0.05, 0.1) is 13.2 Å². The van der Waals surface area contributed by atoms with Crippen LogP contribution in [0.5, 0.6) is 0 Å². The number of hydrogen-bond donors (Lipinski definition) is 2. The lowest BCUT2D eigenvalue weighted by Crippen LogP contribution is -2.37. The van der Waals surface area contributed by atoms with Gasteiger partial charge < -0.3 is 29.8 Å². The van der Waals surface area contributed by atoms with Gasteiger partial charge in [-0.25, -0.2) is 4.79 Å². The van der Waals surface area contributed by atoms with Crippen LogP contribution in [0, 0.1) is 0 Å². The number of nitrogens with zero attached hydrogens (tertiary/aromatic N) is 1. The largest absolute Gasteiger partial charge is 0.508 e. The molecule has 40 heavy (non-hydrogen) atoms. The second-order valence-corrected chi connectivity index (χ2v) is 10.6. The molecule has 0 atom stereocenters. The van der Waals surface area contributed by atoms with Crippen molar-refractivity contribution in [1.29, 1.82) is 0 Å². The van der Waals surface area contributed by atoms with Gasteiger partial charge in [0.2, 0.25) is 0 Å². The van der Waals surface area contributed by atoms with E-state index in [1.54, 1.807) is 7.05 Å². The molecule has 1 rings (SSSR count). The topological polar surface area (TPSA) is 114 Å². The van der Waals surface area contributed by atoms with E-state index in [2.05, 4.69) is 22.5 Å². The Morgan fingerprint density at radius 1 is 0.700 bits per heavy atom. The van der Waals surface area contributed by atoms with Gasteiger partial charge in [0.1, 0.15) is 17.7 Å². The van der Waals surface area contributed by atoms with Crippen LogP contribution < -0.4 is 21.5 Å². The molecule has 0 radical (unpaired) electrons. The van der Waals surface area contributed by atoms with Crippen molar-refractivity contribution in [3.05, 3.63) is 20.4 Å². The lowest BCUT2D eigenvalue weighted by Gasteiger charge is -2.23. The first-order valence-corrected chi connectivity index (χ1v) is 15.8. The van der Waals surface area contributed by atoms with E-state index in [1.165, 1.54) is 25.7 Å². The standard InChI is InChI=1S/C31H55N3O6/c1-3-4-5-6-12-17-25-39-31(38)40-26-18-13-10-15-22-34(21-14-9-7-8-11-16-24-35)23-19-20-33-28-27(32-2)29(36)30(28)37/h24,32-33H,3-23,25-26H2,1-2H3. The van der Waals surface area contributed by atoms with Crippen molar-refractivity contribution >= 4 is 23.8 Å². The zero-order chi connectivity index (χ0) is 29.3. The Balaban J connectivity index is 2.19. The molecular formula is C31H55N3O6. The maximum absolute atomic E-state index is 11.7. The van der Waals surface area contributed by atoms with Crippen LogP contribution in [0.25, 0.3) is 0 Å². The van der Waals surface area contributed by atoms with Crippen molar-refractivity contribution in [3.8, 4) is 0 Å². The van der Waals surface area contributed by atoms with E-state index in [0.29, 0.717) is 37.6 Å².